The zero-order valence-corrected chi connectivity index (χ0v) is 38.2. The van der Waals surface area contributed by atoms with Crippen LogP contribution < -0.4 is 60.6 Å². The van der Waals surface area contributed by atoms with Crippen LogP contribution in [0.2, 0.25) is 0 Å². The number of hydrogen-bond donors (Lipinski definition) is 14. The van der Waals surface area contributed by atoms with E-state index in [1.807, 2.05) is 0 Å². The molecule has 370 valence electrons. The van der Waals surface area contributed by atoms with Crippen LogP contribution in [-0.4, -0.2) is 160 Å². The molecule has 1 fully saturated rings. The van der Waals surface area contributed by atoms with Crippen LogP contribution in [0.5, 0.6) is 0 Å². The summed E-state index contributed by atoms with van der Waals surface area (Å²) in [5.74, 6) is -9.80. The quantitative estimate of drug-likeness (QED) is 0.0189. The maximum atomic E-state index is 14.1. The number of aliphatic hydroxyl groups excluding tert-OH is 2. The second-order valence-electron chi connectivity index (χ2n) is 16.7. The Morgan fingerprint density at radius 2 is 1.25 bits per heavy atom. The van der Waals surface area contributed by atoms with Gasteiger partial charge in [-0.3, -0.25) is 43.3 Å². The zero-order valence-electron chi connectivity index (χ0n) is 38.2. The molecule has 0 saturated carbocycles. The number of nitrogens with two attached hydrogens (primary N) is 5. The summed E-state index contributed by atoms with van der Waals surface area (Å²) in [4.78, 5) is 124. The fraction of sp³-hybridized carbons (Fsp3) is 0.750. The molecule has 0 aromatic heterocycles. The summed E-state index contributed by atoms with van der Waals surface area (Å²) < 4.78 is 0. The highest BCUT2D eigenvalue weighted by molar-refractivity contribution is 5.98. The minimum atomic E-state index is -1.71. The van der Waals surface area contributed by atoms with Crippen LogP contribution in [-0.2, 0) is 43.2 Å². The van der Waals surface area contributed by atoms with Crippen LogP contribution in [0.15, 0.2) is 4.99 Å². The molecule has 0 spiro atoms. The first-order valence-electron chi connectivity index (χ1n) is 21.9. The fourth-order valence-electron chi connectivity index (χ4n) is 6.86. The van der Waals surface area contributed by atoms with E-state index in [0.29, 0.717) is 32.2 Å². The van der Waals surface area contributed by atoms with Gasteiger partial charge in [0.2, 0.25) is 47.3 Å². The van der Waals surface area contributed by atoms with Gasteiger partial charge in [-0.05, 0) is 70.8 Å². The summed E-state index contributed by atoms with van der Waals surface area (Å²) in [7, 11) is 0. The molecule has 1 saturated heterocycles. The average Bonchev–Trinajstić information content (AvgIpc) is 3.72. The molecule has 1 rings (SSSR count). The van der Waals surface area contributed by atoms with Crippen LogP contribution in [0.1, 0.15) is 99.3 Å². The smallest absolute Gasteiger partial charge is 0.328 e. The van der Waals surface area contributed by atoms with E-state index in [0.717, 1.165) is 11.8 Å². The number of likely N-dealkylation sites (tertiary alicyclic amines) is 1. The number of carboxylic acid groups (broad SMARTS) is 1. The van der Waals surface area contributed by atoms with E-state index in [9.17, 15) is 58.5 Å². The predicted molar refractivity (Wildman–Crippen MR) is 236 cm³/mol. The van der Waals surface area contributed by atoms with Gasteiger partial charge in [0.15, 0.2) is 12.0 Å². The molecule has 0 bridgehead atoms. The largest absolute Gasteiger partial charge is 0.480 e. The first-order chi connectivity index (χ1) is 30.4. The van der Waals surface area contributed by atoms with Gasteiger partial charge in [-0.2, -0.15) is 0 Å². The highest BCUT2D eigenvalue weighted by atomic mass is 16.4. The van der Waals surface area contributed by atoms with Crippen molar-refractivity contribution in [3.05, 3.63) is 0 Å². The lowest BCUT2D eigenvalue weighted by Gasteiger charge is -2.33. The molecule has 1 aliphatic rings. The number of hydrogen-bond acceptors (Lipinski definition) is 14. The minimum absolute atomic E-state index is 0.0124. The lowest BCUT2D eigenvalue weighted by molar-refractivity contribution is -0.146. The van der Waals surface area contributed by atoms with Crippen molar-refractivity contribution in [2.45, 2.75) is 160 Å². The van der Waals surface area contributed by atoms with E-state index in [-0.39, 0.29) is 44.7 Å². The Hall–Kier alpha value is -5.66. The lowest BCUT2D eigenvalue weighted by Crippen LogP contribution is -2.63. The summed E-state index contributed by atoms with van der Waals surface area (Å²) in [6.07, 6.45) is -1.36. The number of nitrogens with one attached hydrogen (secondary N) is 6. The summed E-state index contributed by atoms with van der Waals surface area (Å²) in [5, 5.41) is 45.0. The summed E-state index contributed by atoms with van der Waals surface area (Å²) in [6, 6.07) is -11.1. The molecule has 0 aromatic carbocycles. The van der Waals surface area contributed by atoms with Crippen LogP contribution >= 0.6 is 0 Å². The number of carboxylic acids is 1. The van der Waals surface area contributed by atoms with Gasteiger partial charge in [0.25, 0.3) is 0 Å². The van der Waals surface area contributed by atoms with Gasteiger partial charge in [0.05, 0.1) is 24.7 Å². The van der Waals surface area contributed by atoms with Crippen molar-refractivity contribution in [3.63, 3.8) is 0 Å². The molecular formula is C40H73N13O12. The number of aliphatic carboxylic acids is 1. The van der Waals surface area contributed by atoms with E-state index in [2.05, 4.69) is 36.9 Å². The number of guanidine groups is 1. The zero-order chi connectivity index (χ0) is 49.7. The molecule has 1 aliphatic heterocycles. The molecule has 0 aliphatic carbocycles. The third-order valence-electron chi connectivity index (χ3n) is 10.9. The molecule has 25 heteroatoms. The molecular weight excluding hydrogens is 855 g/mol. The summed E-state index contributed by atoms with van der Waals surface area (Å²) >= 11 is 0. The van der Waals surface area contributed by atoms with Crippen molar-refractivity contribution in [3.8, 4) is 0 Å². The van der Waals surface area contributed by atoms with Crippen molar-refractivity contribution >= 4 is 59.2 Å². The maximum Gasteiger partial charge on any atom is 0.328 e. The molecule has 65 heavy (non-hydrogen) atoms. The third kappa shape index (κ3) is 19.1. The standard InChI is InChI=1S/C40H73N13O12/c1-7-20(4)29(50-34(59)25(18-27(43)56)48-32(57)23(42)12-8-9-15-41)37(62)49-28(19(2)3)36(61)51-30(21(5)54)38(63)53-17-11-14-26(53)35(60)47-24(13-10-16-46-40(44)45)33(58)52-31(22(6)55)39(64)65/h19-26,28-31,54-55H,7-18,41-42H2,1-6H3,(H2,43,56)(H,47,60)(H,48,57)(H,49,62)(H,50,59)(H,51,61)(H,52,58)(H,64,65)(H4,44,45,46)/t20-,21+,22+,23-,24-,25-,26-,28-,29-,30-,31-/m0/s1. The van der Waals surface area contributed by atoms with Gasteiger partial charge in [-0.1, -0.05) is 40.5 Å². The molecule has 19 N–H and O–H groups in total. The van der Waals surface area contributed by atoms with E-state index in [4.69, 9.17) is 28.7 Å². The van der Waals surface area contributed by atoms with Gasteiger partial charge < -0.3 is 80.8 Å². The Morgan fingerprint density at radius 1 is 0.692 bits per heavy atom. The van der Waals surface area contributed by atoms with Crippen molar-refractivity contribution in [1.29, 1.82) is 0 Å². The monoisotopic (exact) mass is 928 g/mol. The van der Waals surface area contributed by atoms with E-state index >= 15 is 0 Å². The number of carbonyl (C=O) groups is 9. The Morgan fingerprint density at radius 3 is 1.77 bits per heavy atom. The van der Waals surface area contributed by atoms with Crippen LogP contribution in [0, 0.1) is 11.8 Å². The van der Waals surface area contributed by atoms with E-state index in [1.165, 1.54) is 6.92 Å². The van der Waals surface area contributed by atoms with Crippen LogP contribution in [0.25, 0.3) is 0 Å². The van der Waals surface area contributed by atoms with Gasteiger partial charge in [-0.15, -0.1) is 0 Å². The second-order valence-corrected chi connectivity index (χ2v) is 16.7. The Kier molecular flexibility index (Phi) is 25.0. The van der Waals surface area contributed by atoms with Gasteiger partial charge in [-0.25, -0.2) is 4.79 Å². The molecule has 0 radical (unpaired) electrons. The van der Waals surface area contributed by atoms with Gasteiger partial charge in [0.1, 0.15) is 36.3 Å². The number of aliphatic imine (C=N–C) groups is 1. The minimum Gasteiger partial charge on any atom is -0.480 e. The molecule has 1 heterocycles. The molecule has 0 aromatic rings. The molecule has 8 amide bonds. The number of rotatable bonds is 29. The number of amides is 8. The number of carbonyl (C=O) groups excluding carboxylic acids is 8. The normalized spacial score (nSPS) is 18.2. The molecule has 25 nitrogen and oxygen atoms in total. The maximum absolute atomic E-state index is 14.1. The molecule has 0 unspecified atom stereocenters. The predicted octanol–water partition coefficient (Wildman–Crippen LogP) is -5.18. The number of primary amides is 1. The summed E-state index contributed by atoms with van der Waals surface area (Å²) in [5.41, 5.74) is 27.6. The van der Waals surface area contributed by atoms with Crippen molar-refractivity contribution in [1.82, 2.24) is 36.8 Å². The number of unbranched alkanes of at least 4 members (excludes halogenated alkanes) is 1. The fourth-order valence-corrected chi connectivity index (χ4v) is 6.86. The van der Waals surface area contributed by atoms with Crippen molar-refractivity contribution in [2.75, 3.05) is 19.6 Å². The first-order valence-corrected chi connectivity index (χ1v) is 21.9. The van der Waals surface area contributed by atoms with Gasteiger partial charge in [0, 0.05) is 13.1 Å². The SMILES string of the molecule is CC[C@H](C)[C@H](NC(=O)[C@H](CC(N)=O)NC(=O)[C@@H](N)CCCCN)C(=O)N[C@H](C(=O)N[C@H](C(=O)N1CCC[C@H]1C(=O)N[C@@H](CCCN=C(N)N)C(=O)N[C@H](C(=O)O)[C@@H](C)O)[C@@H](C)O)C(C)C. The van der Waals surface area contributed by atoms with Gasteiger partial charge >= 0.3 is 5.97 Å². The Bertz CT molecular complexity index is 1680. The Balaban J connectivity index is 3.30. The number of aliphatic hydroxyl groups is 2. The highest BCUT2D eigenvalue weighted by Gasteiger charge is 2.42. The van der Waals surface area contributed by atoms with Crippen molar-refractivity contribution in [2.24, 2.45) is 45.5 Å². The average molecular weight is 928 g/mol. The van der Waals surface area contributed by atoms with Crippen LogP contribution in [0.3, 0.4) is 0 Å². The first kappa shape index (κ1) is 57.4. The Labute approximate surface area is 378 Å². The van der Waals surface area contributed by atoms with E-state index in [1.54, 1.807) is 27.7 Å². The van der Waals surface area contributed by atoms with E-state index < -0.39 is 132 Å². The molecule has 11 atom stereocenters. The van der Waals surface area contributed by atoms with Crippen molar-refractivity contribution < 1.29 is 58.5 Å². The highest BCUT2D eigenvalue weighted by Crippen LogP contribution is 2.21. The number of nitrogens with zero attached hydrogens (tertiary/aromatic N) is 2. The topological polar surface area (TPSA) is 432 Å². The summed E-state index contributed by atoms with van der Waals surface area (Å²) in [6.45, 7) is 9.44. The second kappa shape index (κ2) is 28.3. The van der Waals surface area contributed by atoms with Crippen LogP contribution in [0.4, 0.5) is 0 Å². The third-order valence-corrected chi connectivity index (χ3v) is 10.9. The lowest BCUT2D eigenvalue weighted by atomic mass is 9.95.